The predicted octanol–water partition coefficient (Wildman–Crippen LogP) is 2.93. The van der Waals surface area contributed by atoms with Crippen LogP contribution in [0.15, 0.2) is 47.1 Å². The van der Waals surface area contributed by atoms with Crippen LogP contribution in [0.4, 0.5) is 5.69 Å². The summed E-state index contributed by atoms with van der Waals surface area (Å²) < 4.78 is 5.11. The van der Waals surface area contributed by atoms with Crippen molar-refractivity contribution in [2.75, 3.05) is 11.9 Å². The molecule has 0 fully saturated rings. The minimum Gasteiger partial charge on any atom is -0.480 e. The highest BCUT2D eigenvalue weighted by Crippen LogP contribution is 2.21. The molecular formula is C19H22N2O5. The third-order valence-corrected chi connectivity index (χ3v) is 4.00. The molecule has 7 heteroatoms. The van der Waals surface area contributed by atoms with Gasteiger partial charge in [0.1, 0.15) is 6.04 Å². The molecule has 2 rings (SSSR count). The maximum atomic E-state index is 12.6. The summed E-state index contributed by atoms with van der Waals surface area (Å²) in [6.45, 7) is 1.95. The fraction of sp³-hybridized carbons (Fsp3) is 0.316. The summed E-state index contributed by atoms with van der Waals surface area (Å²) in [5, 5.41) is 11.8. The molecule has 2 N–H and O–H groups in total. The summed E-state index contributed by atoms with van der Waals surface area (Å²) in [7, 11) is 1.53. The molecule has 1 unspecified atom stereocenters. The van der Waals surface area contributed by atoms with Crippen LogP contribution >= 0.6 is 0 Å². The molecule has 1 aromatic carbocycles. The third-order valence-electron chi connectivity index (χ3n) is 4.00. The van der Waals surface area contributed by atoms with Gasteiger partial charge < -0.3 is 19.7 Å². The molecule has 0 saturated heterocycles. The van der Waals surface area contributed by atoms with E-state index >= 15 is 0 Å². The zero-order valence-electron chi connectivity index (χ0n) is 14.8. The van der Waals surface area contributed by atoms with Gasteiger partial charge in [0.25, 0.3) is 11.8 Å². The van der Waals surface area contributed by atoms with E-state index < -0.39 is 23.8 Å². The standard InChI is InChI=1S/C19H22N2O5/c1-3-4-9-14(19(24)25)20-17(22)13-8-5-6-10-15(13)21(2)18(23)16-11-7-12-26-16/h5-8,10-12,14H,3-4,9H2,1-2H3,(H,20,22)(H,24,25). The molecule has 0 aliphatic heterocycles. The van der Waals surface area contributed by atoms with E-state index in [1.807, 2.05) is 6.92 Å². The highest BCUT2D eigenvalue weighted by molar-refractivity contribution is 6.09. The molecule has 0 bridgehead atoms. The number of carbonyl (C=O) groups excluding carboxylic acids is 2. The van der Waals surface area contributed by atoms with E-state index in [4.69, 9.17) is 4.42 Å². The number of para-hydroxylation sites is 1. The SMILES string of the molecule is CCCCC(NC(=O)c1ccccc1N(C)C(=O)c1ccco1)C(=O)O. The molecule has 0 aliphatic carbocycles. The lowest BCUT2D eigenvalue weighted by Crippen LogP contribution is -2.41. The Hall–Kier alpha value is -3.09. The van der Waals surface area contributed by atoms with Gasteiger partial charge in [-0.2, -0.15) is 0 Å². The minimum atomic E-state index is -1.08. The number of nitrogens with zero attached hydrogens (tertiary/aromatic N) is 1. The lowest BCUT2D eigenvalue weighted by molar-refractivity contribution is -0.139. The van der Waals surface area contributed by atoms with E-state index in [2.05, 4.69) is 5.32 Å². The van der Waals surface area contributed by atoms with Crippen molar-refractivity contribution >= 4 is 23.5 Å². The highest BCUT2D eigenvalue weighted by atomic mass is 16.4. The second-order valence-corrected chi connectivity index (χ2v) is 5.87. The van der Waals surface area contributed by atoms with Crippen molar-refractivity contribution in [3.63, 3.8) is 0 Å². The van der Waals surface area contributed by atoms with Crippen molar-refractivity contribution < 1.29 is 23.9 Å². The topological polar surface area (TPSA) is 99.9 Å². The largest absolute Gasteiger partial charge is 0.480 e. The van der Waals surface area contributed by atoms with Gasteiger partial charge in [-0.05, 0) is 30.7 Å². The Morgan fingerprint density at radius 2 is 1.92 bits per heavy atom. The number of amides is 2. The number of carboxylic acid groups (broad SMARTS) is 1. The van der Waals surface area contributed by atoms with E-state index in [1.54, 1.807) is 30.3 Å². The normalized spacial score (nSPS) is 11.6. The summed E-state index contributed by atoms with van der Waals surface area (Å²) in [6.07, 6.45) is 3.26. The molecule has 0 saturated carbocycles. The van der Waals surface area contributed by atoms with Crippen molar-refractivity contribution in [2.45, 2.75) is 32.2 Å². The van der Waals surface area contributed by atoms with Crippen LogP contribution in [0.25, 0.3) is 0 Å². The fourth-order valence-electron chi connectivity index (χ4n) is 2.53. The quantitative estimate of drug-likeness (QED) is 0.756. The van der Waals surface area contributed by atoms with Gasteiger partial charge >= 0.3 is 5.97 Å². The lowest BCUT2D eigenvalue weighted by Gasteiger charge is -2.21. The van der Waals surface area contributed by atoms with E-state index in [1.165, 1.54) is 24.3 Å². The average molecular weight is 358 g/mol. The molecule has 7 nitrogen and oxygen atoms in total. The number of rotatable bonds is 8. The van der Waals surface area contributed by atoms with Gasteiger partial charge in [0.05, 0.1) is 17.5 Å². The van der Waals surface area contributed by atoms with Crippen molar-refractivity contribution in [1.82, 2.24) is 5.32 Å². The molecule has 138 valence electrons. The van der Waals surface area contributed by atoms with E-state index in [0.717, 1.165) is 6.42 Å². The maximum absolute atomic E-state index is 12.6. The van der Waals surface area contributed by atoms with Gasteiger partial charge in [0.2, 0.25) is 0 Å². The van der Waals surface area contributed by atoms with Crippen LogP contribution in [-0.2, 0) is 4.79 Å². The molecule has 1 heterocycles. The molecular weight excluding hydrogens is 336 g/mol. The molecule has 0 aliphatic rings. The van der Waals surface area contributed by atoms with E-state index in [-0.39, 0.29) is 11.3 Å². The summed E-state index contributed by atoms with van der Waals surface area (Å²) in [6, 6.07) is 8.70. The number of nitrogens with one attached hydrogen (secondary N) is 1. The average Bonchev–Trinajstić information content (AvgIpc) is 3.18. The highest BCUT2D eigenvalue weighted by Gasteiger charge is 2.24. The van der Waals surface area contributed by atoms with Crippen molar-refractivity contribution in [1.29, 1.82) is 0 Å². The number of benzene rings is 1. The molecule has 0 spiro atoms. The summed E-state index contributed by atoms with van der Waals surface area (Å²) >= 11 is 0. The predicted molar refractivity (Wildman–Crippen MR) is 96.3 cm³/mol. The van der Waals surface area contributed by atoms with Crippen molar-refractivity contribution in [2.24, 2.45) is 0 Å². The molecule has 1 atom stereocenters. The molecule has 0 radical (unpaired) electrons. The van der Waals surface area contributed by atoms with Crippen molar-refractivity contribution in [3.8, 4) is 0 Å². The van der Waals surface area contributed by atoms with Crippen LogP contribution in [0.5, 0.6) is 0 Å². The number of hydrogen-bond acceptors (Lipinski definition) is 4. The number of anilines is 1. The zero-order valence-corrected chi connectivity index (χ0v) is 14.8. The Labute approximate surface area is 151 Å². The van der Waals surface area contributed by atoms with Gasteiger partial charge in [-0.25, -0.2) is 4.79 Å². The van der Waals surface area contributed by atoms with Gasteiger partial charge in [0, 0.05) is 7.05 Å². The first-order chi connectivity index (χ1) is 12.5. The molecule has 1 aromatic heterocycles. The van der Waals surface area contributed by atoms with E-state index in [0.29, 0.717) is 18.5 Å². The van der Waals surface area contributed by atoms with Crippen LogP contribution in [0.1, 0.15) is 47.1 Å². The molecule has 2 amide bonds. The number of hydrogen-bond donors (Lipinski definition) is 2. The monoisotopic (exact) mass is 358 g/mol. The second kappa shape index (κ2) is 8.84. The first kappa shape index (κ1) is 19.2. The van der Waals surface area contributed by atoms with Crippen LogP contribution in [0.2, 0.25) is 0 Å². The van der Waals surface area contributed by atoms with Gasteiger partial charge in [0.15, 0.2) is 5.76 Å². The zero-order chi connectivity index (χ0) is 19.1. The molecule has 2 aromatic rings. The lowest BCUT2D eigenvalue weighted by atomic mass is 10.1. The van der Waals surface area contributed by atoms with Gasteiger partial charge in [-0.3, -0.25) is 9.59 Å². The Morgan fingerprint density at radius 1 is 1.19 bits per heavy atom. The number of aliphatic carboxylic acids is 1. The Balaban J connectivity index is 2.23. The summed E-state index contributed by atoms with van der Waals surface area (Å²) in [4.78, 5) is 37.7. The Morgan fingerprint density at radius 3 is 2.54 bits per heavy atom. The fourth-order valence-corrected chi connectivity index (χ4v) is 2.53. The van der Waals surface area contributed by atoms with Crippen LogP contribution < -0.4 is 10.2 Å². The minimum absolute atomic E-state index is 0.147. The first-order valence-corrected chi connectivity index (χ1v) is 8.40. The van der Waals surface area contributed by atoms with Crippen LogP contribution in [0, 0.1) is 0 Å². The number of carbonyl (C=O) groups is 3. The third kappa shape index (κ3) is 4.50. The van der Waals surface area contributed by atoms with Crippen LogP contribution in [-0.4, -0.2) is 36.0 Å². The summed E-state index contributed by atoms with van der Waals surface area (Å²) in [5.41, 5.74) is 0.587. The maximum Gasteiger partial charge on any atom is 0.326 e. The summed E-state index contributed by atoms with van der Waals surface area (Å²) in [5.74, 6) is -1.88. The smallest absolute Gasteiger partial charge is 0.326 e. The van der Waals surface area contributed by atoms with E-state index in [9.17, 15) is 19.5 Å². The van der Waals surface area contributed by atoms with Crippen molar-refractivity contribution in [3.05, 3.63) is 54.0 Å². The Bertz CT molecular complexity index is 770. The van der Waals surface area contributed by atoms with Gasteiger partial charge in [-0.15, -0.1) is 0 Å². The number of carboxylic acids is 1. The number of furan rings is 1. The van der Waals surface area contributed by atoms with Gasteiger partial charge in [-0.1, -0.05) is 31.9 Å². The van der Waals surface area contributed by atoms with Crippen LogP contribution in [0.3, 0.4) is 0 Å². The number of unbranched alkanes of at least 4 members (excludes halogenated alkanes) is 1. The second-order valence-electron chi connectivity index (χ2n) is 5.87. The molecule has 26 heavy (non-hydrogen) atoms. The first-order valence-electron chi connectivity index (χ1n) is 8.40. The Kier molecular flexibility index (Phi) is 6.54.